The Kier molecular flexibility index (Phi) is 4.20. The number of aromatic amines is 1. The topological polar surface area (TPSA) is 79.2 Å². The number of carbonyl (C=O) groups excluding carboxylic acids is 1. The summed E-state index contributed by atoms with van der Waals surface area (Å²) in [4.78, 5) is 24.8. The second-order valence-electron chi connectivity index (χ2n) is 4.80. The molecule has 3 rings (SSSR count). The van der Waals surface area contributed by atoms with Crippen molar-refractivity contribution in [3.63, 3.8) is 0 Å². The minimum absolute atomic E-state index is 0.220. The van der Waals surface area contributed by atoms with E-state index in [0.29, 0.717) is 16.1 Å². The Balaban J connectivity index is 1.81. The minimum Gasteiger partial charge on any atom is -0.295 e. The number of aryl methyl sites for hydroxylation is 1. The number of rotatable bonds is 4. The van der Waals surface area contributed by atoms with E-state index in [9.17, 15) is 9.59 Å². The van der Waals surface area contributed by atoms with Gasteiger partial charge in [0.15, 0.2) is 0 Å². The highest BCUT2D eigenvalue weighted by Crippen LogP contribution is 2.08. The molecular formula is C16H14N4O2S. The van der Waals surface area contributed by atoms with Gasteiger partial charge in [0.1, 0.15) is 0 Å². The fourth-order valence-corrected chi connectivity index (χ4v) is 2.70. The number of amides is 1. The summed E-state index contributed by atoms with van der Waals surface area (Å²) >= 11 is 1.33. The molecule has 2 aromatic heterocycles. The molecule has 3 aromatic rings. The highest BCUT2D eigenvalue weighted by Gasteiger charge is 2.10. The van der Waals surface area contributed by atoms with E-state index < -0.39 is 0 Å². The number of aromatic nitrogens is 2. The highest BCUT2D eigenvalue weighted by molar-refractivity contribution is 7.12. The average molecular weight is 326 g/mol. The maximum atomic E-state index is 12.4. The molecule has 7 heteroatoms. The van der Waals surface area contributed by atoms with Crippen LogP contribution in [-0.2, 0) is 0 Å². The first-order chi connectivity index (χ1) is 11.2. The van der Waals surface area contributed by atoms with Crippen LogP contribution < -0.4 is 11.0 Å². The third-order valence-electron chi connectivity index (χ3n) is 3.24. The standard InChI is InChI=1S/C16H14N4O2S/c1-11-13(10-17-18-15(21)14-8-5-9-23-14)16(22)20(19-11)12-6-3-2-4-7-12/h2-10,19H,1H3,(H,18,21). The van der Waals surface area contributed by atoms with Crippen LogP contribution in [0.15, 0.2) is 57.7 Å². The van der Waals surface area contributed by atoms with E-state index in [4.69, 9.17) is 0 Å². The first-order valence-corrected chi connectivity index (χ1v) is 7.79. The van der Waals surface area contributed by atoms with Crippen molar-refractivity contribution in [1.82, 2.24) is 15.2 Å². The Bertz CT molecular complexity index is 892. The van der Waals surface area contributed by atoms with Gasteiger partial charge in [0.05, 0.1) is 22.3 Å². The van der Waals surface area contributed by atoms with Crippen molar-refractivity contribution >= 4 is 23.5 Å². The number of carbonyl (C=O) groups is 1. The van der Waals surface area contributed by atoms with Gasteiger partial charge in [-0.1, -0.05) is 24.3 Å². The van der Waals surface area contributed by atoms with E-state index >= 15 is 0 Å². The summed E-state index contributed by atoms with van der Waals surface area (Å²) < 4.78 is 1.44. The molecule has 0 fully saturated rings. The second-order valence-corrected chi connectivity index (χ2v) is 5.75. The summed E-state index contributed by atoms with van der Waals surface area (Å²) in [6.07, 6.45) is 1.36. The normalized spacial score (nSPS) is 11.0. The zero-order valence-electron chi connectivity index (χ0n) is 12.3. The van der Waals surface area contributed by atoms with Crippen molar-refractivity contribution in [2.75, 3.05) is 0 Å². The van der Waals surface area contributed by atoms with Crippen LogP contribution in [0.1, 0.15) is 20.9 Å². The zero-order chi connectivity index (χ0) is 16.2. The number of nitrogens with zero attached hydrogens (tertiary/aromatic N) is 2. The van der Waals surface area contributed by atoms with Crippen molar-refractivity contribution in [1.29, 1.82) is 0 Å². The summed E-state index contributed by atoms with van der Waals surface area (Å²) in [5, 5.41) is 8.69. The lowest BCUT2D eigenvalue weighted by Crippen LogP contribution is -2.19. The van der Waals surface area contributed by atoms with Gasteiger partial charge in [0, 0.05) is 5.69 Å². The van der Waals surface area contributed by atoms with Gasteiger partial charge in [-0.3, -0.25) is 14.7 Å². The molecule has 0 radical (unpaired) electrons. The van der Waals surface area contributed by atoms with Crippen molar-refractivity contribution in [3.8, 4) is 5.69 Å². The molecular weight excluding hydrogens is 312 g/mol. The monoisotopic (exact) mass is 326 g/mol. The van der Waals surface area contributed by atoms with Crippen LogP contribution in [0, 0.1) is 6.92 Å². The molecule has 23 heavy (non-hydrogen) atoms. The first-order valence-electron chi connectivity index (χ1n) is 6.91. The predicted octanol–water partition coefficient (Wildman–Crippen LogP) is 2.30. The molecule has 0 saturated carbocycles. The summed E-state index contributed by atoms with van der Waals surface area (Å²) in [6, 6.07) is 12.7. The fourth-order valence-electron chi connectivity index (χ4n) is 2.09. The van der Waals surface area contributed by atoms with E-state index in [1.54, 1.807) is 19.1 Å². The van der Waals surface area contributed by atoms with Crippen LogP contribution in [0.25, 0.3) is 5.69 Å². The van der Waals surface area contributed by atoms with Crippen molar-refractivity contribution in [2.24, 2.45) is 5.10 Å². The first kappa shape index (κ1) is 15.0. The molecule has 0 atom stereocenters. The predicted molar refractivity (Wildman–Crippen MR) is 90.5 cm³/mol. The van der Waals surface area contributed by atoms with E-state index in [-0.39, 0.29) is 11.5 Å². The van der Waals surface area contributed by atoms with Crippen LogP contribution in [0.5, 0.6) is 0 Å². The lowest BCUT2D eigenvalue weighted by atomic mass is 10.3. The minimum atomic E-state index is -0.298. The van der Waals surface area contributed by atoms with Crippen LogP contribution in [0.2, 0.25) is 0 Å². The molecule has 2 N–H and O–H groups in total. The van der Waals surface area contributed by atoms with Gasteiger partial charge in [-0.05, 0) is 30.5 Å². The number of hydrogen-bond acceptors (Lipinski definition) is 4. The van der Waals surface area contributed by atoms with Gasteiger partial charge in [0.2, 0.25) is 0 Å². The molecule has 0 aliphatic rings. The van der Waals surface area contributed by atoms with Crippen molar-refractivity contribution in [2.45, 2.75) is 6.92 Å². The Morgan fingerprint density at radius 1 is 1.26 bits per heavy atom. The van der Waals surface area contributed by atoms with Crippen LogP contribution >= 0.6 is 11.3 Å². The van der Waals surface area contributed by atoms with Crippen molar-refractivity contribution < 1.29 is 4.79 Å². The Morgan fingerprint density at radius 3 is 2.74 bits per heavy atom. The quantitative estimate of drug-likeness (QED) is 0.570. The largest absolute Gasteiger partial charge is 0.295 e. The second kappa shape index (κ2) is 6.45. The summed E-state index contributed by atoms with van der Waals surface area (Å²) in [5.74, 6) is -0.298. The Morgan fingerprint density at radius 2 is 2.04 bits per heavy atom. The Labute approximate surface area is 136 Å². The van der Waals surface area contributed by atoms with Gasteiger partial charge in [-0.25, -0.2) is 10.1 Å². The van der Waals surface area contributed by atoms with Crippen LogP contribution in [0.4, 0.5) is 0 Å². The number of hydrogen-bond donors (Lipinski definition) is 2. The molecule has 0 unspecified atom stereocenters. The number of H-pyrrole nitrogens is 1. The number of hydrazone groups is 1. The van der Waals surface area contributed by atoms with E-state index in [1.165, 1.54) is 22.2 Å². The van der Waals surface area contributed by atoms with E-state index in [2.05, 4.69) is 15.6 Å². The molecule has 1 amide bonds. The maximum absolute atomic E-state index is 12.4. The molecule has 2 heterocycles. The fraction of sp³-hybridized carbons (Fsp3) is 0.0625. The summed E-state index contributed by atoms with van der Waals surface area (Å²) in [5.41, 5.74) is 4.01. The smallest absolute Gasteiger partial charge is 0.281 e. The molecule has 0 saturated heterocycles. The number of thiophene rings is 1. The molecule has 0 aliphatic carbocycles. The molecule has 116 valence electrons. The Hall–Kier alpha value is -2.93. The highest BCUT2D eigenvalue weighted by atomic mass is 32.1. The lowest BCUT2D eigenvalue weighted by molar-refractivity contribution is 0.0959. The third kappa shape index (κ3) is 3.14. The van der Waals surface area contributed by atoms with E-state index in [1.807, 2.05) is 35.7 Å². The van der Waals surface area contributed by atoms with Gasteiger partial charge in [-0.15, -0.1) is 11.3 Å². The van der Waals surface area contributed by atoms with Gasteiger partial charge in [-0.2, -0.15) is 5.10 Å². The molecule has 0 aliphatic heterocycles. The van der Waals surface area contributed by atoms with E-state index in [0.717, 1.165) is 5.69 Å². The maximum Gasteiger partial charge on any atom is 0.281 e. The average Bonchev–Trinajstić information content (AvgIpc) is 3.19. The summed E-state index contributed by atoms with van der Waals surface area (Å²) in [6.45, 7) is 1.78. The molecule has 1 aromatic carbocycles. The van der Waals surface area contributed by atoms with Crippen LogP contribution in [-0.4, -0.2) is 21.9 Å². The number of para-hydroxylation sites is 1. The molecule has 6 nitrogen and oxygen atoms in total. The molecule has 0 spiro atoms. The summed E-state index contributed by atoms with van der Waals surface area (Å²) in [7, 11) is 0. The lowest BCUT2D eigenvalue weighted by Gasteiger charge is -1.99. The number of nitrogens with one attached hydrogen (secondary N) is 2. The molecule has 0 bridgehead atoms. The third-order valence-corrected chi connectivity index (χ3v) is 4.10. The number of benzene rings is 1. The van der Waals surface area contributed by atoms with Gasteiger partial charge < -0.3 is 0 Å². The van der Waals surface area contributed by atoms with Gasteiger partial charge in [0.25, 0.3) is 11.5 Å². The van der Waals surface area contributed by atoms with Crippen LogP contribution in [0.3, 0.4) is 0 Å². The zero-order valence-corrected chi connectivity index (χ0v) is 13.1. The SMILES string of the molecule is Cc1[nH]n(-c2ccccc2)c(=O)c1C=NNC(=O)c1cccs1. The van der Waals surface area contributed by atoms with Crippen molar-refractivity contribution in [3.05, 3.63) is 74.3 Å². The van der Waals surface area contributed by atoms with Gasteiger partial charge >= 0.3 is 0 Å².